The standard InChI is InChI=1S/C16H22N4O/c1-20(2)16(8-4-3-5-9-16)12-19-15(21)13-6-7-14(10-17)18-11-13/h6-7,11H,3-5,8-9,12H2,1-2H3,(H,19,21). The lowest BCUT2D eigenvalue weighted by molar-refractivity contribution is 0.0799. The minimum absolute atomic E-state index is 0.0634. The van der Waals surface area contributed by atoms with Crippen LogP contribution in [-0.2, 0) is 0 Å². The van der Waals surface area contributed by atoms with Crippen LogP contribution in [0.5, 0.6) is 0 Å². The number of aromatic nitrogens is 1. The molecule has 1 N–H and O–H groups in total. The van der Waals surface area contributed by atoms with E-state index in [0.29, 0.717) is 17.8 Å². The van der Waals surface area contributed by atoms with Crippen LogP contribution in [0, 0.1) is 11.3 Å². The average Bonchev–Trinajstić information content (AvgIpc) is 2.53. The molecule has 5 nitrogen and oxygen atoms in total. The summed E-state index contributed by atoms with van der Waals surface area (Å²) in [7, 11) is 4.17. The number of carbonyl (C=O) groups is 1. The van der Waals surface area contributed by atoms with Crippen LogP contribution in [0.25, 0.3) is 0 Å². The van der Waals surface area contributed by atoms with E-state index in [1.807, 2.05) is 6.07 Å². The second-order valence-electron chi connectivity index (χ2n) is 5.91. The third-order valence-corrected chi connectivity index (χ3v) is 4.45. The Bertz CT molecular complexity index is 524. The van der Waals surface area contributed by atoms with Crippen LogP contribution in [0.3, 0.4) is 0 Å². The van der Waals surface area contributed by atoms with Gasteiger partial charge in [-0.15, -0.1) is 0 Å². The number of carbonyl (C=O) groups excluding carboxylic acids is 1. The minimum Gasteiger partial charge on any atom is -0.350 e. The molecule has 5 heteroatoms. The first-order valence-corrected chi connectivity index (χ1v) is 7.39. The molecule has 112 valence electrons. The van der Waals surface area contributed by atoms with Gasteiger partial charge in [0.1, 0.15) is 11.8 Å². The molecule has 0 atom stereocenters. The summed E-state index contributed by atoms with van der Waals surface area (Å²) in [6.45, 7) is 0.652. The van der Waals surface area contributed by atoms with Crippen LogP contribution in [0.2, 0.25) is 0 Å². The summed E-state index contributed by atoms with van der Waals surface area (Å²) in [4.78, 5) is 18.4. The maximum Gasteiger partial charge on any atom is 0.252 e. The third-order valence-electron chi connectivity index (χ3n) is 4.45. The predicted octanol–water partition coefficient (Wildman–Crippen LogP) is 1.95. The van der Waals surface area contributed by atoms with Crippen LogP contribution >= 0.6 is 0 Å². The highest BCUT2D eigenvalue weighted by Crippen LogP contribution is 2.31. The van der Waals surface area contributed by atoms with E-state index >= 15 is 0 Å². The van der Waals surface area contributed by atoms with E-state index in [9.17, 15) is 4.79 Å². The molecule has 0 spiro atoms. The Labute approximate surface area is 126 Å². The smallest absolute Gasteiger partial charge is 0.252 e. The Morgan fingerprint density at radius 1 is 1.38 bits per heavy atom. The molecule has 1 heterocycles. The fourth-order valence-corrected chi connectivity index (χ4v) is 2.93. The van der Waals surface area contributed by atoms with Gasteiger partial charge < -0.3 is 10.2 Å². The first kappa shape index (κ1) is 15.5. The van der Waals surface area contributed by atoms with Crippen molar-refractivity contribution in [1.82, 2.24) is 15.2 Å². The van der Waals surface area contributed by atoms with E-state index in [-0.39, 0.29) is 11.4 Å². The van der Waals surface area contributed by atoms with Crippen molar-refractivity contribution in [2.75, 3.05) is 20.6 Å². The summed E-state index contributed by atoms with van der Waals surface area (Å²) < 4.78 is 0. The summed E-state index contributed by atoms with van der Waals surface area (Å²) in [5, 5.41) is 11.7. The number of nitrogens with zero attached hydrogens (tertiary/aromatic N) is 3. The van der Waals surface area contributed by atoms with Crippen LogP contribution in [0.15, 0.2) is 18.3 Å². The largest absolute Gasteiger partial charge is 0.350 e. The summed E-state index contributed by atoms with van der Waals surface area (Å²) in [5.41, 5.74) is 0.885. The number of nitrogens with one attached hydrogen (secondary N) is 1. The second-order valence-corrected chi connectivity index (χ2v) is 5.91. The second kappa shape index (κ2) is 6.68. The molecule has 1 fully saturated rings. The monoisotopic (exact) mass is 286 g/mol. The van der Waals surface area contributed by atoms with E-state index in [2.05, 4.69) is 29.3 Å². The molecule has 0 aliphatic heterocycles. The first-order chi connectivity index (χ1) is 10.1. The zero-order chi connectivity index (χ0) is 15.3. The Balaban J connectivity index is 2.00. The third kappa shape index (κ3) is 3.59. The van der Waals surface area contributed by atoms with Gasteiger partial charge >= 0.3 is 0 Å². The first-order valence-electron chi connectivity index (χ1n) is 7.39. The molecule has 1 saturated carbocycles. The Kier molecular flexibility index (Phi) is 4.92. The van der Waals surface area contributed by atoms with E-state index in [1.165, 1.54) is 25.5 Å². The SMILES string of the molecule is CN(C)C1(CNC(=O)c2ccc(C#N)nc2)CCCCC1. The number of nitriles is 1. The van der Waals surface area contributed by atoms with Gasteiger partial charge in [-0.3, -0.25) is 4.79 Å². The van der Waals surface area contributed by atoms with E-state index < -0.39 is 0 Å². The van der Waals surface area contributed by atoms with Crippen molar-refractivity contribution in [3.63, 3.8) is 0 Å². The van der Waals surface area contributed by atoms with Gasteiger partial charge in [0.2, 0.25) is 0 Å². The molecule has 0 unspecified atom stereocenters. The highest BCUT2D eigenvalue weighted by atomic mass is 16.1. The molecular formula is C16H22N4O. The highest BCUT2D eigenvalue weighted by molar-refractivity contribution is 5.93. The fourth-order valence-electron chi connectivity index (χ4n) is 2.93. The van der Waals surface area contributed by atoms with Crippen LogP contribution in [0.1, 0.15) is 48.2 Å². The zero-order valence-corrected chi connectivity index (χ0v) is 12.7. The molecule has 0 saturated heterocycles. The summed E-state index contributed by atoms with van der Waals surface area (Å²) in [5.74, 6) is -0.126. The summed E-state index contributed by atoms with van der Waals surface area (Å²) in [6, 6.07) is 5.16. The lowest BCUT2D eigenvalue weighted by atomic mass is 9.80. The molecule has 1 amide bonds. The van der Waals surface area contributed by atoms with Crippen molar-refractivity contribution in [2.24, 2.45) is 0 Å². The minimum atomic E-state index is -0.126. The van der Waals surface area contributed by atoms with Crippen molar-refractivity contribution >= 4 is 5.91 Å². The lowest BCUT2D eigenvalue weighted by Gasteiger charge is -2.43. The molecule has 1 aromatic heterocycles. The van der Waals surface area contributed by atoms with Gasteiger partial charge in [-0.05, 0) is 39.1 Å². The van der Waals surface area contributed by atoms with Crippen molar-refractivity contribution in [3.05, 3.63) is 29.6 Å². The van der Waals surface area contributed by atoms with E-state index in [0.717, 1.165) is 12.8 Å². The Morgan fingerprint density at radius 2 is 2.10 bits per heavy atom. The maximum atomic E-state index is 12.2. The normalized spacial score (nSPS) is 17.2. The average molecular weight is 286 g/mol. The topological polar surface area (TPSA) is 69.0 Å². The molecule has 0 bridgehead atoms. The zero-order valence-electron chi connectivity index (χ0n) is 12.7. The number of amides is 1. The van der Waals surface area contributed by atoms with E-state index in [1.54, 1.807) is 12.1 Å². The molecule has 1 aliphatic carbocycles. The molecule has 1 aliphatic rings. The number of pyridine rings is 1. The lowest BCUT2D eigenvalue weighted by Crippen LogP contribution is -2.53. The highest BCUT2D eigenvalue weighted by Gasteiger charge is 2.34. The van der Waals surface area contributed by atoms with Crippen LogP contribution in [0.4, 0.5) is 0 Å². The Hall–Kier alpha value is -1.93. The van der Waals surface area contributed by atoms with Gasteiger partial charge in [0.05, 0.1) is 5.56 Å². The van der Waals surface area contributed by atoms with Crippen LogP contribution < -0.4 is 5.32 Å². The Morgan fingerprint density at radius 3 is 2.62 bits per heavy atom. The van der Waals surface area contributed by atoms with Crippen LogP contribution in [-0.4, -0.2) is 42.0 Å². The van der Waals surface area contributed by atoms with Gasteiger partial charge in [0.15, 0.2) is 0 Å². The number of hydrogen-bond acceptors (Lipinski definition) is 4. The van der Waals surface area contributed by atoms with Gasteiger partial charge in [0, 0.05) is 18.3 Å². The summed E-state index contributed by atoms with van der Waals surface area (Å²) in [6.07, 6.45) is 7.40. The molecule has 0 aromatic carbocycles. The van der Waals surface area contributed by atoms with Gasteiger partial charge in [-0.2, -0.15) is 5.26 Å². The fraction of sp³-hybridized carbons (Fsp3) is 0.562. The maximum absolute atomic E-state index is 12.2. The quantitative estimate of drug-likeness (QED) is 0.918. The number of likely N-dealkylation sites (N-methyl/N-ethyl adjacent to an activating group) is 1. The van der Waals surface area contributed by atoms with Gasteiger partial charge in [-0.1, -0.05) is 19.3 Å². The molecule has 21 heavy (non-hydrogen) atoms. The molecule has 1 aromatic rings. The number of rotatable bonds is 4. The van der Waals surface area contributed by atoms with Gasteiger partial charge in [0.25, 0.3) is 5.91 Å². The molecular weight excluding hydrogens is 264 g/mol. The van der Waals surface area contributed by atoms with E-state index in [4.69, 9.17) is 5.26 Å². The van der Waals surface area contributed by atoms with Crippen molar-refractivity contribution in [1.29, 1.82) is 5.26 Å². The van der Waals surface area contributed by atoms with Crippen molar-refractivity contribution in [3.8, 4) is 6.07 Å². The molecule has 2 rings (SSSR count). The summed E-state index contributed by atoms with van der Waals surface area (Å²) >= 11 is 0. The van der Waals surface area contributed by atoms with Crippen molar-refractivity contribution < 1.29 is 4.79 Å². The predicted molar refractivity (Wildman–Crippen MR) is 80.8 cm³/mol. The van der Waals surface area contributed by atoms with Gasteiger partial charge in [-0.25, -0.2) is 4.98 Å². The molecule has 0 radical (unpaired) electrons. The number of hydrogen-bond donors (Lipinski definition) is 1. The van der Waals surface area contributed by atoms with Crippen molar-refractivity contribution in [2.45, 2.75) is 37.6 Å².